The molecule has 278 valence electrons. The summed E-state index contributed by atoms with van der Waals surface area (Å²) in [5.41, 5.74) is 3.57. The fourth-order valence-electron chi connectivity index (χ4n) is 8.47. The van der Waals surface area contributed by atoms with Crippen LogP contribution in [0.4, 0.5) is 5.95 Å². The second kappa shape index (κ2) is 16.4. The van der Waals surface area contributed by atoms with Gasteiger partial charge < -0.3 is 10.3 Å². The minimum atomic E-state index is -0.358. The Bertz CT molecular complexity index is 1810. The summed E-state index contributed by atoms with van der Waals surface area (Å²) in [6.07, 6.45) is 17.4. The molecule has 3 unspecified atom stereocenters. The molecule has 3 saturated carbocycles. The van der Waals surface area contributed by atoms with Gasteiger partial charge >= 0.3 is 0 Å². The molecular formula is C45H61N5O2. The van der Waals surface area contributed by atoms with Gasteiger partial charge in [-0.05, 0) is 79.4 Å². The molecule has 3 fully saturated rings. The molecule has 7 nitrogen and oxygen atoms in total. The quantitative estimate of drug-likeness (QED) is 0.151. The first kappa shape index (κ1) is 37.9. The van der Waals surface area contributed by atoms with Crippen molar-refractivity contribution in [1.82, 2.24) is 19.9 Å². The monoisotopic (exact) mass is 703 g/mol. The molecule has 52 heavy (non-hydrogen) atoms. The number of hydrogen-bond acceptors (Lipinski definition) is 6. The number of rotatable bonds is 11. The number of hydrogen-bond donors (Lipinski definition) is 2. The van der Waals surface area contributed by atoms with Gasteiger partial charge in [0.25, 0.3) is 0 Å². The summed E-state index contributed by atoms with van der Waals surface area (Å²) in [6, 6.07) is 16.2. The lowest BCUT2D eigenvalue weighted by Crippen LogP contribution is -2.21. The standard InChI is InChI=1S/C31H44N4O.C14H17NO/c1-31(2,3)29(36)24-13-9-21(10-14-24)12-16-27-33-28(19-26-18-23-11-15-25(26)17-23)35-30(34-27)32-20-22-7-5-4-6-8-22;1-14(2,3)13(16)8-10-9-15-12-7-5-4-6-11(10)12/h9-10,13-14,22-23,25-26H,4-8,11-12,15-20H2,1-3H3,(H,32,33,34,35);4-7,9,15H,8H2,1-3H3. The van der Waals surface area contributed by atoms with Crippen LogP contribution in [0, 0.1) is 34.5 Å². The Morgan fingerprint density at radius 3 is 2.19 bits per heavy atom. The number of para-hydroxylation sites is 1. The Morgan fingerprint density at radius 2 is 1.52 bits per heavy atom. The lowest BCUT2D eigenvalue weighted by molar-refractivity contribution is -0.125. The topological polar surface area (TPSA) is 101 Å². The molecule has 3 atom stereocenters. The average molecular weight is 704 g/mol. The first-order chi connectivity index (χ1) is 24.8. The van der Waals surface area contributed by atoms with Crippen LogP contribution in [-0.4, -0.2) is 38.0 Å². The largest absolute Gasteiger partial charge is 0.361 e. The van der Waals surface area contributed by atoms with Crippen molar-refractivity contribution in [3.05, 3.63) is 83.1 Å². The Balaban J connectivity index is 0.000000242. The summed E-state index contributed by atoms with van der Waals surface area (Å²) in [7, 11) is 0. The fraction of sp³-hybridized carbons (Fsp3) is 0.578. The number of benzene rings is 2. The molecule has 2 heterocycles. The number of Topliss-reactive ketones (excluding diaryl/α,β-unsaturated/α-hetero) is 2. The van der Waals surface area contributed by atoms with Crippen LogP contribution in [0.25, 0.3) is 10.9 Å². The maximum absolute atomic E-state index is 12.6. The SMILES string of the molecule is CC(C)(C)C(=O)Cc1c[nH]c2ccccc12.CC(C)(C)C(=O)c1ccc(CCc2nc(CC3CC4CCC3C4)nc(NCC3CCCCC3)n2)cc1. The van der Waals surface area contributed by atoms with Crippen molar-refractivity contribution in [2.45, 2.75) is 125 Å². The first-order valence-corrected chi connectivity index (χ1v) is 20.0. The summed E-state index contributed by atoms with van der Waals surface area (Å²) in [5, 5.41) is 4.74. The minimum absolute atomic E-state index is 0.186. The lowest BCUT2D eigenvalue weighted by atomic mass is 9.86. The molecule has 3 aliphatic carbocycles. The third kappa shape index (κ3) is 9.96. The summed E-state index contributed by atoms with van der Waals surface area (Å²) in [6.45, 7) is 12.8. The molecule has 0 spiro atoms. The highest BCUT2D eigenvalue weighted by Crippen LogP contribution is 2.49. The molecule has 7 heteroatoms. The number of ketones is 2. The third-order valence-corrected chi connectivity index (χ3v) is 11.7. The van der Waals surface area contributed by atoms with E-state index >= 15 is 0 Å². The molecule has 2 aromatic heterocycles. The fourth-order valence-corrected chi connectivity index (χ4v) is 8.47. The molecule has 2 N–H and O–H groups in total. The van der Waals surface area contributed by atoms with Gasteiger partial charge in [0, 0.05) is 59.3 Å². The van der Waals surface area contributed by atoms with Gasteiger partial charge in [-0.3, -0.25) is 9.59 Å². The Hall–Kier alpha value is -3.87. The zero-order valence-electron chi connectivity index (χ0n) is 32.6. The summed E-state index contributed by atoms with van der Waals surface area (Å²) < 4.78 is 0. The van der Waals surface area contributed by atoms with Crippen molar-refractivity contribution >= 4 is 28.4 Å². The van der Waals surface area contributed by atoms with Gasteiger partial charge in [-0.1, -0.05) is 110 Å². The number of carbonyl (C=O) groups excluding carboxylic acids is 2. The Morgan fingerprint density at radius 1 is 0.788 bits per heavy atom. The number of aryl methyl sites for hydroxylation is 2. The van der Waals surface area contributed by atoms with Gasteiger partial charge in [-0.25, -0.2) is 4.98 Å². The Labute approximate surface area is 311 Å². The summed E-state index contributed by atoms with van der Waals surface area (Å²) in [5.74, 6) is 6.42. The number of anilines is 1. The van der Waals surface area contributed by atoms with E-state index in [0.29, 0.717) is 6.42 Å². The summed E-state index contributed by atoms with van der Waals surface area (Å²) >= 11 is 0. The van der Waals surface area contributed by atoms with E-state index in [2.05, 4.69) is 28.5 Å². The maximum Gasteiger partial charge on any atom is 0.226 e. The molecule has 0 aliphatic heterocycles. The van der Waals surface area contributed by atoms with E-state index in [-0.39, 0.29) is 22.4 Å². The zero-order valence-corrected chi connectivity index (χ0v) is 32.6. The van der Waals surface area contributed by atoms with E-state index in [1.54, 1.807) is 0 Å². The van der Waals surface area contributed by atoms with Crippen molar-refractivity contribution in [1.29, 1.82) is 0 Å². The molecule has 4 aromatic rings. The van der Waals surface area contributed by atoms with Gasteiger partial charge in [-0.2, -0.15) is 9.97 Å². The van der Waals surface area contributed by atoms with E-state index in [1.807, 2.05) is 78.1 Å². The van der Waals surface area contributed by atoms with Gasteiger partial charge in [0.1, 0.15) is 17.4 Å². The van der Waals surface area contributed by atoms with Crippen molar-refractivity contribution in [3.63, 3.8) is 0 Å². The predicted molar refractivity (Wildman–Crippen MR) is 212 cm³/mol. The molecular weight excluding hydrogens is 643 g/mol. The van der Waals surface area contributed by atoms with Crippen molar-refractivity contribution < 1.29 is 9.59 Å². The molecule has 0 amide bonds. The van der Waals surface area contributed by atoms with E-state index in [4.69, 9.17) is 15.0 Å². The second-order valence-corrected chi connectivity index (χ2v) is 18.0. The molecule has 0 radical (unpaired) electrons. The number of fused-ring (bicyclic) bond motifs is 3. The molecule has 2 bridgehead atoms. The highest BCUT2D eigenvalue weighted by Gasteiger charge is 2.39. The van der Waals surface area contributed by atoms with Crippen molar-refractivity contribution in [3.8, 4) is 0 Å². The number of aromatic amines is 1. The van der Waals surface area contributed by atoms with E-state index < -0.39 is 0 Å². The average Bonchev–Trinajstić information content (AvgIpc) is 3.86. The van der Waals surface area contributed by atoms with Crippen LogP contribution >= 0.6 is 0 Å². The zero-order chi connectivity index (χ0) is 36.9. The smallest absolute Gasteiger partial charge is 0.226 e. The van der Waals surface area contributed by atoms with Crippen LogP contribution in [0.1, 0.15) is 132 Å². The number of aromatic nitrogens is 4. The molecule has 3 aliphatic rings. The highest BCUT2D eigenvalue weighted by molar-refractivity contribution is 5.99. The molecule has 2 aromatic carbocycles. The normalized spacial score (nSPS) is 20.5. The third-order valence-electron chi connectivity index (χ3n) is 11.7. The van der Waals surface area contributed by atoms with Crippen LogP contribution in [0.3, 0.4) is 0 Å². The van der Waals surface area contributed by atoms with E-state index in [0.717, 1.165) is 89.1 Å². The van der Waals surface area contributed by atoms with Gasteiger partial charge in [0.15, 0.2) is 5.78 Å². The Kier molecular flexibility index (Phi) is 12.0. The predicted octanol–water partition coefficient (Wildman–Crippen LogP) is 10.2. The van der Waals surface area contributed by atoms with Crippen LogP contribution in [-0.2, 0) is 30.5 Å². The number of nitrogens with one attached hydrogen (secondary N) is 2. The van der Waals surface area contributed by atoms with Crippen LogP contribution in [0.2, 0.25) is 0 Å². The number of H-pyrrole nitrogens is 1. The van der Waals surface area contributed by atoms with Crippen molar-refractivity contribution in [2.24, 2.45) is 34.5 Å². The summed E-state index contributed by atoms with van der Waals surface area (Å²) in [4.78, 5) is 42.4. The van der Waals surface area contributed by atoms with Crippen LogP contribution < -0.4 is 5.32 Å². The highest BCUT2D eigenvalue weighted by atomic mass is 16.1. The van der Waals surface area contributed by atoms with Gasteiger partial charge in [0.2, 0.25) is 5.95 Å². The number of carbonyl (C=O) groups is 2. The molecule has 0 saturated heterocycles. The van der Waals surface area contributed by atoms with E-state index in [1.165, 1.54) is 63.4 Å². The van der Waals surface area contributed by atoms with Crippen molar-refractivity contribution in [2.75, 3.05) is 11.9 Å². The van der Waals surface area contributed by atoms with Gasteiger partial charge in [-0.15, -0.1) is 0 Å². The second-order valence-electron chi connectivity index (χ2n) is 18.0. The lowest BCUT2D eigenvalue weighted by Gasteiger charge is -2.22. The van der Waals surface area contributed by atoms with E-state index in [9.17, 15) is 9.59 Å². The van der Waals surface area contributed by atoms with Crippen LogP contribution in [0.5, 0.6) is 0 Å². The number of nitrogens with zero attached hydrogens (tertiary/aromatic N) is 3. The molecule has 7 rings (SSSR count). The first-order valence-electron chi connectivity index (χ1n) is 20.0. The maximum atomic E-state index is 12.6. The van der Waals surface area contributed by atoms with Gasteiger partial charge in [0.05, 0.1) is 0 Å². The minimum Gasteiger partial charge on any atom is -0.361 e. The van der Waals surface area contributed by atoms with Crippen LogP contribution in [0.15, 0.2) is 54.7 Å².